The molecule has 0 unspecified atom stereocenters. The fraction of sp³-hybridized carbons (Fsp3) is 0.458. The Bertz CT molecular complexity index is 832. The summed E-state index contributed by atoms with van der Waals surface area (Å²) >= 11 is 5.80. The number of hydrogen-bond acceptors (Lipinski definition) is 2. The molecular formula is C24H30ClF6NO2. The van der Waals surface area contributed by atoms with Gasteiger partial charge in [-0.05, 0) is 49.7 Å². The van der Waals surface area contributed by atoms with E-state index in [1.165, 1.54) is 24.3 Å². The van der Waals surface area contributed by atoms with Crippen LogP contribution in [0.25, 0.3) is 0 Å². The van der Waals surface area contributed by atoms with Gasteiger partial charge in [-0.15, -0.1) is 0 Å². The van der Waals surface area contributed by atoms with Gasteiger partial charge in [0.15, 0.2) is 0 Å². The van der Waals surface area contributed by atoms with Crippen LogP contribution in [0.15, 0.2) is 48.5 Å². The molecule has 34 heavy (non-hydrogen) atoms. The number of hydrogen-bond donors (Lipinski definition) is 1. The zero-order chi connectivity index (χ0) is 26.4. The van der Waals surface area contributed by atoms with E-state index in [4.69, 9.17) is 21.5 Å². The van der Waals surface area contributed by atoms with Gasteiger partial charge >= 0.3 is 12.4 Å². The maximum atomic E-state index is 12.9. The fourth-order valence-corrected chi connectivity index (χ4v) is 3.15. The molecule has 3 rings (SSSR count). The van der Waals surface area contributed by atoms with Gasteiger partial charge in [-0.1, -0.05) is 62.2 Å². The average Bonchev–Trinajstić information content (AvgIpc) is 2.75. The molecule has 0 saturated carbocycles. The summed E-state index contributed by atoms with van der Waals surface area (Å²) in [6.45, 7) is 7.14. The summed E-state index contributed by atoms with van der Waals surface area (Å²) in [6.07, 6.45) is -5.24. The molecule has 0 atom stereocenters. The van der Waals surface area contributed by atoms with Crippen molar-refractivity contribution in [3.63, 3.8) is 0 Å². The van der Waals surface area contributed by atoms with Crippen molar-refractivity contribution in [2.24, 2.45) is 0 Å². The maximum absolute atomic E-state index is 12.9. The summed E-state index contributed by atoms with van der Waals surface area (Å²) in [7, 11) is 0. The van der Waals surface area contributed by atoms with Crippen LogP contribution < -0.4 is 0 Å². The van der Waals surface area contributed by atoms with Crippen molar-refractivity contribution in [3.8, 4) is 0 Å². The largest absolute Gasteiger partial charge is 0.481 e. The van der Waals surface area contributed by atoms with Crippen LogP contribution in [-0.4, -0.2) is 29.1 Å². The fourth-order valence-electron chi connectivity index (χ4n) is 2.96. The van der Waals surface area contributed by atoms with Crippen molar-refractivity contribution < 1.29 is 36.2 Å². The van der Waals surface area contributed by atoms with E-state index in [0.29, 0.717) is 11.6 Å². The molecule has 10 heteroatoms. The third-order valence-corrected chi connectivity index (χ3v) is 4.55. The Morgan fingerprint density at radius 1 is 0.912 bits per heavy atom. The monoisotopic (exact) mass is 513 g/mol. The summed E-state index contributed by atoms with van der Waals surface area (Å²) < 4.78 is 74.0. The minimum Gasteiger partial charge on any atom is -0.481 e. The van der Waals surface area contributed by atoms with Crippen LogP contribution in [0.1, 0.15) is 56.7 Å². The van der Waals surface area contributed by atoms with Gasteiger partial charge in [-0.3, -0.25) is 9.69 Å². The lowest BCUT2D eigenvalue weighted by atomic mass is 10.0. The molecule has 1 aliphatic heterocycles. The van der Waals surface area contributed by atoms with E-state index in [9.17, 15) is 26.3 Å². The number of nitrogens with zero attached hydrogens (tertiary/aromatic N) is 1. The number of carboxylic acid groups (broad SMARTS) is 1. The summed E-state index contributed by atoms with van der Waals surface area (Å²) in [5.74, 6) is -0.833. The molecule has 1 saturated heterocycles. The second kappa shape index (κ2) is 15.6. The van der Waals surface area contributed by atoms with E-state index >= 15 is 0 Å². The zero-order valence-electron chi connectivity index (χ0n) is 19.3. The van der Waals surface area contributed by atoms with Crippen molar-refractivity contribution in [2.75, 3.05) is 13.1 Å². The number of carbonyl (C=O) groups is 1. The Hall–Kier alpha value is -2.26. The molecule has 1 heterocycles. The van der Waals surface area contributed by atoms with Crippen LogP contribution in [0.3, 0.4) is 0 Å². The summed E-state index contributed by atoms with van der Waals surface area (Å²) in [5, 5.41) is 7.77. The molecule has 0 spiro atoms. The summed E-state index contributed by atoms with van der Waals surface area (Å²) in [5.41, 5.74) is -0.899. The number of likely N-dealkylation sites (tertiary alicyclic amines) is 1. The van der Waals surface area contributed by atoms with Gasteiger partial charge in [-0.2, -0.15) is 26.3 Å². The first-order valence-electron chi connectivity index (χ1n) is 10.7. The highest BCUT2D eigenvalue weighted by Crippen LogP contribution is 2.34. The number of aliphatic carboxylic acids is 1. The molecule has 0 bridgehead atoms. The Morgan fingerprint density at radius 3 is 1.82 bits per heavy atom. The first-order chi connectivity index (χ1) is 15.8. The van der Waals surface area contributed by atoms with Gasteiger partial charge in [0.05, 0.1) is 11.1 Å². The van der Waals surface area contributed by atoms with Gasteiger partial charge in [-0.25, -0.2) is 0 Å². The highest BCUT2D eigenvalue weighted by Gasteiger charge is 2.33. The summed E-state index contributed by atoms with van der Waals surface area (Å²) in [4.78, 5) is 11.1. The molecule has 2 aromatic rings. The number of piperidine rings is 1. The van der Waals surface area contributed by atoms with Crippen molar-refractivity contribution in [2.45, 2.75) is 58.9 Å². The SMILES string of the molecule is CC.CC(=O)O.FC(F)(F)c1ccc(Cl)cc1CN1CCCCC1.FC(F)(F)c1ccccc1. The number of carboxylic acids is 1. The standard InChI is InChI=1S/C13H15ClF3N.C7H5F3.C2H4O2.C2H6/c14-11-4-5-12(13(15,16)17)10(8-11)9-18-6-2-1-3-7-18;8-7(9,10)6-4-2-1-3-5-6;1-2(3)4;1-2/h4-5,8H,1-3,6-7,9H2;1-5H;1H3,(H,3,4);1-2H3. The summed E-state index contributed by atoms with van der Waals surface area (Å²) in [6, 6.07) is 10.2. The minimum absolute atomic E-state index is 0.275. The van der Waals surface area contributed by atoms with Gasteiger partial charge in [0.25, 0.3) is 5.97 Å². The lowest BCUT2D eigenvalue weighted by Crippen LogP contribution is -2.30. The van der Waals surface area contributed by atoms with E-state index in [1.54, 1.807) is 6.07 Å². The highest BCUT2D eigenvalue weighted by atomic mass is 35.5. The van der Waals surface area contributed by atoms with E-state index in [0.717, 1.165) is 57.5 Å². The maximum Gasteiger partial charge on any atom is 0.416 e. The molecule has 3 nitrogen and oxygen atoms in total. The Balaban J connectivity index is 0.000000573. The van der Waals surface area contributed by atoms with E-state index in [-0.39, 0.29) is 5.56 Å². The first-order valence-corrected chi connectivity index (χ1v) is 11.1. The number of rotatable bonds is 2. The highest BCUT2D eigenvalue weighted by molar-refractivity contribution is 6.30. The second-order valence-corrected chi connectivity index (χ2v) is 7.46. The normalized spacial score (nSPS) is 13.8. The van der Waals surface area contributed by atoms with Crippen molar-refractivity contribution in [3.05, 3.63) is 70.2 Å². The van der Waals surface area contributed by atoms with Crippen LogP contribution >= 0.6 is 11.6 Å². The quantitative estimate of drug-likeness (QED) is 0.412. The van der Waals surface area contributed by atoms with Gasteiger partial charge < -0.3 is 5.11 Å². The van der Waals surface area contributed by atoms with E-state index in [1.807, 2.05) is 13.8 Å². The van der Waals surface area contributed by atoms with Crippen LogP contribution in [0.2, 0.25) is 5.02 Å². The van der Waals surface area contributed by atoms with Crippen LogP contribution in [0.4, 0.5) is 26.3 Å². The molecule has 1 N–H and O–H groups in total. The molecule has 0 aromatic heterocycles. The Kier molecular flexibility index (Phi) is 14.6. The lowest BCUT2D eigenvalue weighted by molar-refractivity contribution is -0.139. The first kappa shape index (κ1) is 31.7. The molecule has 1 aliphatic rings. The molecule has 1 fully saturated rings. The smallest absolute Gasteiger partial charge is 0.416 e. The zero-order valence-corrected chi connectivity index (χ0v) is 20.1. The Morgan fingerprint density at radius 2 is 1.41 bits per heavy atom. The number of halogens is 7. The van der Waals surface area contributed by atoms with Gasteiger partial charge in [0, 0.05) is 18.5 Å². The van der Waals surface area contributed by atoms with Crippen LogP contribution in [0.5, 0.6) is 0 Å². The van der Waals surface area contributed by atoms with Crippen LogP contribution in [0, 0.1) is 0 Å². The molecule has 0 aliphatic carbocycles. The van der Waals surface area contributed by atoms with Crippen LogP contribution in [-0.2, 0) is 23.7 Å². The predicted octanol–water partition coefficient (Wildman–Crippen LogP) is 8.17. The molecule has 0 radical (unpaired) electrons. The predicted molar refractivity (Wildman–Crippen MR) is 122 cm³/mol. The van der Waals surface area contributed by atoms with Crippen molar-refractivity contribution in [1.82, 2.24) is 4.90 Å². The topological polar surface area (TPSA) is 40.5 Å². The van der Waals surface area contributed by atoms with Crippen molar-refractivity contribution in [1.29, 1.82) is 0 Å². The number of benzene rings is 2. The van der Waals surface area contributed by atoms with Gasteiger partial charge in [0.2, 0.25) is 0 Å². The lowest BCUT2D eigenvalue weighted by Gasteiger charge is -2.27. The van der Waals surface area contributed by atoms with Crippen molar-refractivity contribution >= 4 is 17.6 Å². The van der Waals surface area contributed by atoms with E-state index in [2.05, 4.69) is 4.90 Å². The van der Waals surface area contributed by atoms with Gasteiger partial charge in [0.1, 0.15) is 0 Å². The van der Waals surface area contributed by atoms with E-state index < -0.39 is 29.4 Å². The molecular weight excluding hydrogens is 484 g/mol. The third-order valence-electron chi connectivity index (χ3n) is 4.32. The third kappa shape index (κ3) is 13.4. The average molecular weight is 514 g/mol. The second-order valence-electron chi connectivity index (χ2n) is 7.02. The molecule has 2 aromatic carbocycles. The number of alkyl halides is 6. The molecule has 0 amide bonds. The molecule has 192 valence electrons. The Labute approximate surface area is 201 Å². The minimum atomic E-state index is -4.31.